The van der Waals surface area contributed by atoms with Gasteiger partial charge in [-0.05, 0) is 18.6 Å². The van der Waals surface area contributed by atoms with E-state index in [1.165, 1.54) is 31.4 Å². The van der Waals surface area contributed by atoms with Crippen molar-refractivity contribution < 1.29 is 8.78 Å². The van der Waals surface area contributed by atoms with E-state index in [1.807, 2.05) is 0 Å². The molecule has 0 saturated heterocycles. The van der Waals surface area contributed by atoms with E-state index in [4.69, 9.17) is 5.73 Å². The molecule has 0 radical (unpaired) electrons. The van der Waals surface area contributed by atoms with Crippen molar-refractivity contribution in [2.24, 2.45) is 0 Å². The number of benzene rings is 1. The Kier molecular flexibility index (Phi) is 6.26. The van der Waals surface area contributed by atoms with E-state index >= 15 is 0 Å². The maximum atomic E-state index is 13.9. The number of aromatic nitrogens is 2. The number of nitrogens with zero attached hydrogens (tertiary/aromatic N) is 2. The number of nitrogens with two attached hydrogens (primary N) is 1. The summed E-state index contributed by atoms with van der Waals surface area (Å²) in [7, 11) is 0. The van der Waals surface area contributed by atoms with Crippen LogP contribution in [0.15, 0.2) is 24.3 Å². The third kappa shape index (κ3) is 5.16. The lowest BCUT2D eigenvalue weighted by atomic mass is 10.1. The highest BCUT2D eigenvalue weighted by Gasteiger charge is 2.10. The minimum absolute atomic E-state index is 0.0553. The molecule has 0 aliphatic carbocycles. The topological polar surface area (TPSA) is 63.8 Å². The second-order valence-corrected chi connectivity index (χ2v) is 5.46. The van der Waals surface area contributed by atoms with Gasteiger partial charge in [-0.25, -0.2) is 13.8 Å². The maximum Gasteiger partial charge on any atom is 0.222 e. The molecule has 0 aliphatic heterocycles. The Morgan fingerprint density at radius 3 is 2.57 bits per heavy atom. The number of halogens is 2. The predicted octanol–water partition coefficient (Wildman–Crippen LogP) is 4.39. The third-order valence-electron chi connectivity index (χ3n) is 3.54. The van der Waals surface area contributed by atoms with Crippen molar-refractivity contribution in [3.8, 4) is 11.3 Å². The van der Waals surface area contributed by atoms with Gasteiger partial charge < -0.3 is 11.1 Å². The number of nitrogen functional groups attached to an aromatic ring is 1. The number of rotatable bonds is 8. The lowest BCUT2D eigenvalue weighted by Crippen LogP contribution is -2.07. The Bertz CT molecular complexity index is 646. The number of hydrogen-bond acceptors (Lipinski definition) is 4. The van der Waals surface area contributed by atoms with Gasteiger partial charge in [0.05, 0.1) is 5.69 Å². The van der Waals surface area contributed by atoms with Gasteiger partial charge in [0.1, 0.15) is 17.5 Å². The summed E-state index contributed by atoms with van der Waals surface area (Å²) in [6.07, 6.45) is 5.86. The molecular formula is C17H22F2N4. The Morgan fingerprint density at radius 2 is 1.83 bits per heavy atom. The molecule has 0 saturated carbocycles. The van der Waals surface area contributed by atoms with E-state index in [0.29, 0.717) is 11.5 Å². The molecule has 1 aromatic heterocycles. The number of hydrogen-bond donors (Lipinski definition) is 2. The Labute approximate surface area is 135 Å². The maximum absolute atomic E-state index is 13.9. The van der Waals surface area contributed by atoms with Gasteiger partial charge >= 0.3 is 0 Å². The van der Waals surface area contributed by atoms with Crippen molar-refractivity contribution in [3.63, 3.8) is 0 Å². The van der Waals surface area contributed by atoms with Crippen LogP contribution in [-0.2, 0) is 0 Å². The summed E-state index contributed by atoms with van der Waals surface area (Å²) in [6.45, 7) is 2.95. The van der Waals surface area contributed by atoms with E-state index < -0.39 is 11.6 Å². The molecule has 6 heteroatoms. The molecule has 23 heavy (non-hydrogen) atoms. The van der Waals surface area contributed by atoms with Crippen LogP contribution < -0.4 is 11.1 Å². The zero-order valence-corrected chi connectivity index (χ0v) is 13.3. The second-order valence-electron chi connectivity index (χ2n) is 5.46. The van der Waals surface area contributed by atoms with Gasteiger partial charge in [-0.15, -0.1) is 0 Å². The summed E-state index contributed by atoms with van der Waals surface area (Å²) in [5, 5.41) is 3.18. The molecule has 0 amide bonds. The van der Waals surface area contributed by atoms with E-state index in [1.54, 1.807) is 6.07 Å². The molecular weight excluding hydrogens is 298 g/mol. The molecule has 0 unspecified atom stereocenters. The summed E-state index contributed by atoms with van der Waals surface area (Å²) in [5.41, 5.74) is 6.22. The Balaban J connectivity index is 2.04. The molecule has 3 N–H and O–H groups in total. The number of unbranched alkanes of at least 4 members (excludes halogenated alkanes) is 4. The smallest absolute Gasteiger partial charge is 0.222 e. The zero-order chi connectivity index (χ0) is 16.7. The van der Waals surface area contributed by atoms with Crippen LogP contribution in [0.4, 0.5) is 20.5 Å². The molecule has 0 bridgehead atoms. The van der Waals surface area contributed by atoms with Gasteiger partial charge in [0.2, 0.25) is 5.95 Å². The van der Waals surface area contributed by atoms with Gasteiger partial charge in [0.15, 0.2) is 0 Å². The van der Waals surface area contributed by atoms with Gasteiger partial charge in [0, 0.05) is 24.2 Å². The summed E-state index contributed by atoms with van der Waals surface area (Å²) in [5.74, 6) is -0.696. The molecule has 2 aromatic rings. The molecule has 4 nitrogen and oxygen atoms in total. The standard InChI is InChI=1S/C17H22F2N4/c1-2-3-4-5-6-9-21-16-11-15(22-17(20)23-16)13-8-7-12(18)10-14(13)19/h7-8,10-11H,2-6,9H2,1H3,(H3,20,21,22,23). The van der Waals surface area contributed by atoms with E-state index in [-0.39, 0.29) is 11.5 Å². The van der Waals surface area contributed by atoms with Crippen LogP contribution in [0.25, 0.3) is 11.3 Å². The van der Waals surface area contributed by atoms with Crippen LogP contribution >= 0.6 is 0 Å². The number of anilines is 2. The first-order valence-corrected chi connectivity index (χ1v) is 7.94. The normalized spacial score (nSPS) is 10.7. The molecule has 0 atom stereocenters. The van der Waals surface area contributed by atoms with Gasteiger partial charge in [-0.2, -0.15) is 4.98 Å². The molecule has 1 heterocycles. The largest absolute Gasteiger partial charge is 0.370 e. The average Bonchev–Trinajstić information content (AvgIpc) is 2.50. The van der Waals surface area contributed by atoms with Crippen molar-refractivity contribution >= 4 is 11.8 Å². The van der Waals surface area contributed by atoms with E-state index in [0.717, 1.165) is 25.5 Å². The Morgan fingerprint density at radius 1 is 1.04 bits per heavy atom. The molecule has 1 aromatic carbocycles. The first-order valence-electron chi connectivity index (χ1n) is 7.94. The molecule has 0 aliphatic rings. The highest BCUT2D eigenvalue weighted by atomic mass is 19.1. The van der Waals surface area contributed by atoms with Gasteiger partial charge in [-0.3, -0.25) is 0 Å². The van der Waals surface area contributed by atoms with Crippen molar-refractivity contribution in [2.45, 2.75) is 39.0 Å². The summed E-state index contributed by atoms with van der Waals surface area (Å²) >= 11 is 0. The van der Waals surface area contributed by atoms with Crippen molar-refractivity contribution in [1.82, 2.24) is 9.97 Å². The fourth-order valence-corrected chi connectivity index (χ4v) is 2.34. The van der Waals surface area contributed by atoms with Crippen LogP contribution in [0, 0.1) is 11.6 Å². The minimum Gasteiger partial charge on any atom is -0.370 e. The number of nitrogens with one attached hydrogen (secondary N) is 1. The highest BCUT2D eigenvalue weighted by Crippen LogP contribution is 2.24. The van der Waals surface area contributed by atoms with E-state index in [2.05, 4.69) is 22.2 Å². The van der Waals surface area contributed by atoms with Crippen LogP contribution in [0.2, 0.25) is 0 Å². The first kappa shape index (κ1) is 17.1. The molecule has 124 valence electrons. The summed E-state index contributed by atoms with van der Waals surface area (Å²) < 4.78 is 26.9. The highest BCUT2D eigenvalue weighted by molar-refractivity contribution is 5.64. The van der Waals surface area contributed by atoms with Crippen molar-refractivity contribution in [3.05, 3.63) is 35.9 Å². The first-order chi connectivity index (χ1) is 11.1. The van der Waals surface area contributed by atoms with Crippen LogP contribution in [0.3, 0.4) is 0 Å². The summed E-state index contributed by atoms with van der Waals surface area (Å²) in [4.78, 5) is 8.13. The monoisotopic (exact) mass is 320 g/mol. The van der Waals surface area contributed by atoms with Gasteiger partial charge in [0.25, 0.3) is 0 Å². The van der Waals surface area contributed by atoms with Crippen molar-refractivity contribution in [1.29, 1.82) is 0 Å². The molecule has 2 rings (SSSR count). The third-order valence-corrected chi connectivity index (χ3v) is 3.54. The molecule has 0 fully saturated rings. The predicted molar refractivity (Wildman–Crippen MR) is 89.0 cm³/mol. The average molecular weight is 320 g/mol. The fraction of sp³-hybridized carbons (Fsp3) is 0.412. The van der Waals surface area contributed by atoms with Crippen LogP contribution in [-0.4, -0.2) is 16.5 Å². The Hall–Kier alpha value is -2.24. The SMILES string of the molecule is CCCCCCCNc1cc(-c2ccc(F)cc2F)nc(N)n1. The van der Waals surface area contributed by atoms with Crippen LogP contribution in [0.5, 0.6) is 0 Å². The van der Waals surface area contributed by atoms with Gasteiger partial charge in [-0.1, -0.05) is 32.6 Å². The van der Waals surface area contributed by atoms with E-state index in [9.17, 15) is 8.78 Å². The zero-order valence-electron chi connectivity index (χ0n) is 13.3. The quantitative estimate of drug-likeness (QED) is 0.708. The molecule has 0 spiro atoms. The van der Waals surface area contributed by atoms with Crippen molar-refractivity contribution in [2.75, 3.05) is 17.6 Å². The second kappa shape index (κ2) is 8.41. The summed E-state index contributed by atoms with van der Waals surface area (Å²) in [6, 6.07) is 4.99. The lowest BCUT2D eigenvalue weighted by Gasteiger charge is -2.09. The lowest BCUT2D eigenvalue weighted by molar-refractivity contribution is 0.585. The fourth-order valence-electron chi connectivity index (χ4n) is 2.34. The van der Waals surface area contributed by atoms with Crippen LogP contribution in [0.1, 0.15) is 39.0 Å². The minimum atomic E-state index is -0.673.